The monoisotopic (exact) mass is 1030 g/mol. The Balaban J connectivity index is 0.000000942. The molecule has 0 spiro atoms. The van der Waals surface area contributed by atoms with Crippen molar-refractivity contribution in [2.24, 2.45) is 5.73 Å². The summed E-state index contributed by atoms with van der Waals surface area (Å²) < 4.78 is 32.1. The fraction of sp³-hybridized carbons (Fsp3) is 0.395. The van der Waals surface area contributed by atoms with Gasteiger partial charge in [0, 0.05) is 41.4 Å². The molecule has 1 aliphatic rings. The van der Waals surface area contributed by atoms with Crippen LogP contribution >= 0.6 is 11.6 Å². The summed E-state index contributed by atoms with van der Waals surface area (Å²) in [6.07, 6.45) is 4.66. The van der Waals surface area contributed by atoms with Crippen molar-refractivity contribution >= 4 is 58.0 Å². The van der Waals surface area contributed by atoms with Gasteiger partial charge in [-0.1, -0.05) is 44.5 Å². The van der Waals surface area contributed by atoms with E-state index in [-0.39, 0.29) is 17.5 Å². The molecule has 4 amide bonds. The van der Waals surface area contributed by atoms with Crippen LogP contribution in [0.25, 0.3) is 10.9 Å². The van der Waals surface area contributed by atoms with Crippen molar-refractivity contribution < 1.29 is 37.5 Å². The number of primary amides is 1. The number of ether oxygens (including phenoxy) is 3. The second kappa shape index (κ2) is 23.4. The van der Waals surface area contributed by atoms with Crippen LogP contribution in [0.1, 0.15) is 39.2 Å². The minimum absolute atomic E-state index is 0. The number of nitrogens with zero attached hydrogens (tertiary/aromatic N) is 3. The van der Waals surface area contributed by atoms with E-state index in [1.807, 2.05) is 51.1 Å². The van der Waals surface area contributed by atoms with Gasteiger partial charge in [0.05, 0.1) is 50.6 Å². The molecule has 0 unspecified atom stereocenters. The molecule has 14 nitrogen and oxygen atoms in total. The van der Waals surface area contributed by atoms with E-state index in [4.69, 9.17) is 31.5 Å². The Hall–Kier alpha value is -6.25. The third kappa shape index (κ3) is 14.2. The number of hydrogen-bond acceptors (Lipinski definition) is 9. The van der Waals surface area contributed by atoms with E-state index < -0.39 is 11.8 Å². The second-order valence-corrected chi connectivity index (χ2v) is 12.4. The third-order valence-electron chi connectivity index (χ3n) is 8.18. The number of nitrogens with two attached hydrogens (primary N) is 1. The molecule has 0 radical (unpaired) electrons. The number of aromatic nitrogens is 2. The summed E-state index contributed by atoms with van der Waals surface area (Å²) in [5.41, 5.74) is 7.78. The van der Waals surface area contributed by atoms with Crippen LogP contribution in [-0.4, -0.2) is 92.5 Å². The molecule has 304 valence electrons. The number of rotatable bonds is 16. The number of nitrogens with one attached hydrogen (secondary N) is 4. The Bertz CT molecular complexity index is 1800. The number of hydrogen-bond donors (Lipinski definition) is 5. The van der Waals surface area contributed by atoms with Crippen molar-refractivity contribution in [3.8, 4) is 11.5 Å². The number of urea groups is 1. The summed E-state index contributed by atoms with van der Waals surface area (Å²) >= 11 is 5.96. The zero-order valence-corrected chi connectivity index (χ0v) is 34.6. The normalized spacial score (nSPS) is 12.6. The molecule has 5 rings (SSSR count). The van der Waals surface area contributed by atoms with E-state index in [9.17, 15) is 18.8 Å². The number of benzene rings is 3. The molecular weight excluding hydrogens is 976 g/mol. The van der Waals surface area contributed by atoms with E-state index in [1.54, 1.807) is 19.2 Å². The van der Waals surface area contributed by atoms with Crippen LogP contribution < -0.4 is 36.5 Å². The largest absolute Gasteiger partial charge is 0.522 e. The average Bonchev–Trinajstić information content (AvgIpc) is 3.18. The van der Waals surface area contributed by atoms with Gasteiger partial charge in [0.2, 0.25) is 5.91 Å². The number of fused-ring (bicyclic) bond motifs is 1. The minimum Gasteiger partial charge on any atom is -0.522 e. The third-order valence-corrected chi connectivity index (χ3v) is 8.47. The number of quaternary nitrogens is 1. The Morgan fingerprint density at radius 2 is 1.75 bits per heavy atom. The first-order valence-corrected chi connectivity index (χ1v) is 18.2. The summed E-state index contributed by atoms with van der Waals surface area (Å²) in [6, 6.07) is 15.3. The van der Waals surface area contributed by atoms with Gasteiger partial charge in [-0.05, 0) is 42.8 Å². The van der Waals surface area contributed by atoms with Crippen LogP contribution in [0.5, 0.6) is 11.5 Å². The van der Waals surface area contributed by atoms with Gasteiger partial charge in [-0.25, -0.2) is 19.2 Å². The fourth-order valence-electron chi connectivity index (χ4n) is 5.57. The van der Waals surface area contributed by atoms with Gasteiger partial charge in [0.15, 0.2) is 11.5 Å². The topological polar surface area (TPSA) is 179 Å². The van der Waals surface area contributed by atoms with Crippen LogP contribution in [-0.2, 0) is 20.9 Å². The average molecular weight is 1030 g/mol. The van der Waals surface area contributed by atoms with Crippen molar-refractivity contribution in [3.63, 3.8) is 0 Å². The smallest absolute Gasteiger partial charge is 0.312 e. The molecule has 6 N–H and O–H groups in total. The van der Waals surface area contributed by atoms with E-state index in [0.717, 1.165) is 49.1 Å². The maximum Gasteiger partial charge on any atom is 0.312 e. The molecule has 17 heteroatoms. The Kier molecular flexibility index (Phi) is 19.1. The molecule has 0 bridgehead atoms. The van der Waals surface area contributed by atoms with Gasteiger partial charge in [-0.3, -0.25) is 4.79 Å². The quantitative estimate of drug-likeness (QED) is 0.0409. The molecule has 1 saturated heterocycles. The van der Waals surface area contributed by atoms with Crippen LogP contribution in [0.15, 0.2) is 60.9 Å². The molecule has 1 aliphatic heterocycles. The summed E-state index contributed by atoms with van der Waals surface area (Å²) in [4.78, 5) is 40.8. The maximum atomic E-state index is 13.7. The summed E-state index contributed by atoms with van der Waals surface area (Å²) in [6.45, 7) is 11.8. The van der Waals surface area contributed by atoms with Crippen molar-refractivity contribution in [2.45, 2.75) is 40.2 Å². The molecule has 0 atom stereocenters. The van der Waals surface area contributed by atoms with Gasteiger partial charge in [-0.15, -0.1) is 0 Å². The van der Waals surface area contributed by atoms with Crippen LogP contribution in [0, 0.1) is 5.82 Å². The van der Waals surface area contributed by atoms with E-state index >= 15 is 0 Å². The number of halogens is 2. The number of morpholine rings is 1. The molecule has 3 aromatic carbocycles. The van der Waals surface area contributed by atoms with Crippen molar-refractivity contribution in [3.05, 3.63) is 77.3 Å². The van der Waals surface area contributed by atoms with Gasteiger partial charge in [-0.2, -0.15) is 6.41 Å². The van der Waals surface area contributed by atoms with Crippen LogP contribution in [0.2, 0.25) is 5.02 Å². The minimum atomic E-state index is -0.500. The molecule has 1 fully saturated rings. The zero-order valence-electron chi connectivity index (χ0n) is 31.5. The first-order chi connectivity index (χ1) is 26.1. The predicted octanol–water partition coefficient (Wildman–Crippen LogP) is 5.68. The van der Waals surface area contributed by atoms with Gasteiger partial charge in [0.1, 0.15) is 37.6 Å². The van der Waals surface area contributed by atoms with E-state index in [2.05, 4.69) is 31.2 Å². The van der Waals surface area contributed by atoms with Crippen molar-refractivity contribution in [1.82, 2.24) is 20.6 Å². The van der Waals surface area contributed by atoms with Crippen molar-refractivity contribution in [2.75, 3.05) is 70.3 Å². The fourth-order valence-corrected chi connectivity index (χ4v) is 5.75. The summed E-state index contributed by atoms with van der Waals surface area (Å²) in [5, 5.41) is 11.3. The Morgan fingerprint density at radius 1 is 1.04 bits per heavy atom. The van der Waals surface area contributed by atoms with Crippen LogP contribution in [0.4, 0.5) is 26.4 Å². The molecule has 1 aromatic heterocycles. The number of carbonyl (C=O) groups is 2. The predicted molar refractivity (Wildman–Crippen MR) is 208 cm³/mol. The second-order valence-electron chi connectivity index (χ2n) is 12.0. The standard InChI is InChI=1S/C32H34ClFN6O5.C4H10N2O.C2H6.Fm/c1-43-29-17-28-25(32(37-20-36-28)39-24-7-8-27(34)26(33)15-24)16-30(29)45-12-2-9-40(10-13-44-14-11-40)19-22-3-5-23(6-4-22)38-31(42)18-35-21-41;1-2-3-6-4(5)7;1-2;/h3-8,15-17,20H,2,9-14,18-19H2,1H3,(H,35,41)(H,38,42)(H,36,37,39);2-3H2,1H3,(H3,5,6,7);1-2H3;. The van der Waals surface area contributed by atoms with Gasteiger partial charge in [0.25, 0.3) is 0 Å². The maximum absolute atomic E-state index is 13.7. The number of amides is 4. The Morgan fingerprint density at radius 3 is 2.36 bits per heavy atom. The van der Waals surface area contributed by atoms with Crippen molar-refractivity contribution in [1.29, 1.82) is 0 Å². The van der Waals surface area contributed by atoms with E-state index in [0.29, 0.717) is 66.0 Å². The SMILES string of the molecule is CC.CCCNC(N)=O.COc1cc2ncnc(Nc3ccc(F)c(Cl)c3)c2cc1OCCC[N+]1(Cc2ccc(NC(=O)CN[C-]=O)cc2)CCOCC1.[Fm]. The molecular formula is C38H50ClFFmN8O6. The molecule has 0 aliphatic carbocycles. The first kappa shape index (κ1) is 44.9. The van der Waals surface area contributed by atoms with Gasteiger partial charge >= 0.3 is 6.03 Å². The van der Waals surface area contributed by atoms with E-state index in [1.165, 1.54) is 24.9 Å². The first-order valence-electron chi connectivity index (χ1n) is 17.8. The molecule has 4 aromatic rings. The Labute approximate surface area is 320 Å². The van der Waals surface area contributed by atoms with Gasteiger partial charge < -0.3 is 50.5 Å². The number of methoxy groups -OCH3 is 1. The number of carbonyl (C=O) groups excluding carboxylic acids is 3. The molecule has 0 saturated carbocycles. The summed E-state index contributed by atoms with van der Waals surface area (Å²) in [7, 11) is 1.58. The van der Waals surface area contributed by atoms with Crippen LogP contribution in [0.3, 0.4) is 0 Å². The zero-order chi connectivity index (χ0) is 39.3. The molecule has 2 heterocycles. The number of anilines is 3. The summed E-state index contributed by atoms with van der Waals surface area (Å²) in [5.74, 6) is 0.824. The molecule has 55 heavy (non-hydrogen) atoms.